The number of aryl methyl sites for hydroxylation is 1. The first-order valence-corrected chi connectivity index (χ1v) is 6.75. The van der Waals surface area contributed by atoms with Gasteiger partial charge in [0.15, 0.2) is 5.89 Å². The van der Waals surface area contributed by atoms with Gasteiger partial charge in [-0.05, 0) is 39.5 Å². The summed E-state index contributed by atoms with van der Waals surface area (Å²) >= 11 is 0. The van der Waals surface area contributed by atoms with Gasteiger partial charge in [-0.3, -0.25) is 0 Å². The summed E-state index contributed by atoms with van der Waals surface area (Å²) in [6.07, 6.45) is 1.48. The molecule has 1 saturated carbocycles. The molecule has 0 bridgehead atoms. The van der Waals surface area contributed by atoms with Crippen LogP contribution in [0.3, 0.4) is 0 Å². The zero-order valence-corrected chi connectivity index (χ0v) is 11.8. The summed E-state index contributed by atoms with van der Waals surface area (Å²) in [5.41, 5.74) is 0.493. The molecule has 1 amide bonds. The molecule has 1 aliphatic heterocycles. The Morgan fingerprint density at radius 2 is 2.05 bits per heavy atom. The van der Waals surface area contributed by atoms with Gasteiger partial charge in [0.2, 0.25) is 0 Å². The van der Waals surface area contributed by atoms with Gasteiger partial charge < -0.3 is 14.1 Å². The lowest BCUT2D eigenvalue weighted by molar-refractivity contribution is 0.0269. The van der Waals surface area contributed by atoms with Gasteiger partial charge in [-0.25, -0.2) is 9.78 Å². The van der Waals surface area contributed by atoms with Crippen LogP contribution in [0.5, 0.6) is 0 Å². The Kier molecular flexibility index (Phi) is 2.62. The van der Waals surface area contributed by atoms with Gasteiger partial charge in [0.25, 0.3) is 0 Å². The van der Waals surface area contributed by atoms with E-state index in [9.17, 15) is 4.79 Å². The summed E-state index contributed by atoms with van der Waals surface area (Å²) in [7, 11) is 0. The lowest BCUT2D eigenvalue weighted by atomic mass is 10.2. The Hall–Kier alpha value is -1.52. The Balaban J connectivity index is 1.57. The van der Waals surface area contributed by atoms with Gasteiger partial charge in [-0.1, -0.05) is 0 Å². The van der Waals surface area contributed by atoms with Crippen LogP contribution >= 0.6 is 0 Å². The number of oxazole rings is 1. The predicted octanol–water partition coefficient (Wildman–Crippen LogP) is 2.56. The summed E-state index contributed by atoms with van der Waals surface area (Å²) in [6, 6.07) is 0. The van der Waals surface area contributed by atoms with Crippen LogP contribution in [0.4, 0.5) is 4.79 Å². The standard InChI is InChI=1S/C14H20N2O3/c1-8-7-18-12(15-8)11-9-5-16(6-10(9)11)13(17)19-14(2,3)4/h7,9-11H,5-6H2,1-4H3/t9-,10+,11?. The van der Waals surface area contributed by atoms with Gasteiger partial charge >= 0.3 is 6.09 Å². The number of rotatable bonds is 1. The van der Waals surface area contributed by atoms with E-state index in [0.717, 1.165) is 24.7 Å². The maximum Gasteiger partial charge on any atom is 0.410 e. The minimum absolute atomic E-state index is 0.206. The van der Waals surface area contributed by atoms with E-state index in [2.05, 4.69) is 4.98 Å². The molecule has 3 rings (SSSR count). The van der Waals surface area contributed by atoms with Crippen molar-refractivity contribution in [3.63, 3.8) is 0 Å². The second-order valence-electron chi connectivity index (χ2n) is 6.57. The van der Waals surface area contributed by atoms with E-state index in [4.69, 9.17) is 9.15 Å². The fraction of sp³-hybridized carbons (Fsp3) is 0.714. The van der Waals surface area contributed by atoms with E-state index in [1.54, 1.807) is 11.2 Å². The van der Waals surface area contributed by atoms with Crippen LogP contribution in [0, 0.1) is 18.8 Å². The molecule has 0 spiro atoms. The number of nitrogens with zero attached hydrogens (tertiary/aromatic N) is 2. The van der Waals surface area contributed by atoms with Crippen LogP contribution < -0.4 is 0 Å². The number of fused-ring (bicyclic) bond motifs is 1. The number of aromatic nitrogens is 1. The molecule has 0 radical (unpaired) electrons. The summed E-state index contributed by atoms with van der Waals surface area (Å²) in [6.45, 7) is 9.11. The molecule has 3 atom stereocenters. The smallest absolute Gasteiger partial charge is 0.410 e. The third kappa shape index (κ3) is 2.33. The molecule has 1 aromatic heterocycles. The number of ether oxygens (including phenoxy) is 1. The van der Waals surface area contributed by atoms with Gasteiger partial charge in [-0.15, -0.1) is 0 Å². The van der Waals surface area contributed by atoms with E-state index in [-0.39, 0.29) is 6.09 Å². The highest BCUT2D eigenvalue weighted by Gasteiger charge is 2.60. The van der Waals surface area contributed by atoms with Gasteiger partial charge in [-0.2, -0.15) is 0 Å². The number of amides is 1. The van der Waals surface area contributed by atoms with Crippen LogP contribution in [0.2, 0.25) is 0 Å². The average Bonchev–Trinajstić information content (AvgIpc) is 2.67. The van der Waals surface area contributed by atoms with Gasteiger partial charge in [0.05, 0.1) is 5.69 Å². The predicted molar refractivity (Wildman–Crippen MR) is 68.8 cm³/mol. The summed E-state index contributed by atoms with van der Waals surface area (Å²) < 4.78 is 10.8. The number of hydrogen-bond donors (Lipinski definition) is 0. The monoisotopic (exact) mass is 264 g/mol. The van der Waals surface area contributed by atoms with Crippen molar-refractivity contribution < 1.29 is 13.9 Å². The number of carbonyl (C=O) groups is 1. The molecule has 2 fully saturated rings. The van der Waals surface area contributed by atoms with Crippen molar-refractivity contribution in [1.82, 2.24) is 9.88 Å². The maximum atomic E-state index is 11.9. The molecule has 1 saturated heterocycles. The minimum Gasteiger partial charge on any atom is -0.448 e. The average molecular weight is 264 g/mol. The quantitative estimate of drug-likeness (QED) is 0.782. The molecule has 0 aromatic carbocycles. The van der Waals surface area contributed by atoms with Crippen molar-refractivity contribution in [2.45, 2.75) is 39.2 Å². The first kappa shape index (κ1) is 12.5. The van der Waals surface area contributed by atoms with Crippen molar-refractivity contribution in [3.8, 4) is 0 Å². The zero-order chi connectivity index (χ0) is 13.8. The third-order valence-corrected chi connectivity index (χ3v) is 3.77. The first-order valence-electron chi connectivity index (χ1n) is 6.75. The summed E-state index contributed by atoms with van der Waals surface area (Å²) in [5, 5.41) is 0. The van der Waals surface area contributed by atoms with E-state index >= 15 is 0 Å². The summed E-state index contributed by atoms with van der Waals surface area (Å²) in [4.78, 5) is 18.1. The highest BCUT2D eigenvalue weighted by molar-refractivity contribution is 5.69. The van der Waals surface area contributed by atoms with Crippen LogP contribution in [-0.4, -0.2) is 34.7 Å². The molecule has 1 unspecified atom stereocenters. The minimum atomic E-state index is -0.428. The molecular formula is C14H20N2O3. The van der Waals surface area contributed by atoms with Gasteiger partial charge in [0, 0.05) is 19.0 Å². The fourth-order valence-electron chi connectivity index (χ4n) is 2.89. The van der Waals surface area contributed by atoms with Crippen LogP contribution in [0.15, 0.2) is 10.7 Å². The van der Waals surface area contributed by atoms with Gasteiger partial charge in [0.1, 0.15) is 11.9 Å². The summed E-state index contributed by atoms with van der Waals surface area (Å²) in [5.74, 6) is 2.21. The number of hydrogen-bond acceptors (Lipinski definition) is 4. The highest BCUT2D eigenvalue weighted by Crippen LogP contribution is 2.57. The topological polar surface area (TPSA) is 55.6 Å². The normalized spacial score (nSPS) is 29.3. The fourth-order valence-corrected chi connectivity index (χ4v) is 2.89. The molecule has 2 heterocycles. The van der Waals surface area contributed by atoms with E-state index in [1.807, 2.05) is 27.7 Å². The molecule has 1 aromatic rings. The molecule has 1 aliphatic carbocycles. The third-order valence-electron chi connectivity index (χ3n) is 3.77. The first-order chi connectivity index (χ1) is 8.85. The number of piperidine rings is 1. The molecule has 0 N–H and O–H groups in total. The van der Waals surface area contributed by atoms with Crippen molar-refractivity contribution in [3.05, 3.63) is 17.8 Å². The van der Waals surface area contributed by atoms with Crippen LogP contribution in [0.1, 0.15) is 38.3 Å². The molecule has 5 nitrogen and oxygen atoms in total. The second kappa shape index (κ2) is 3.99. The van der Waals surface area contributed by atoms with Crippen molar-refractivity contribution in [2.75, 3.05) is 13.1 Å². The number of carbonyl (C=O) groups excluding carboxylic acids is 1. The molecular weight excluding hydrogens is 244 g/mol. The highest BCUT2D eigenvalue weighted by atomic mass is 16.6. The Morgan fingerprint density at radius 1 is 1.42 bits per heavy atom. The van der Waals surface area contributed by atoms with Crippen molar-refractivity contribution in [1.29, 1.82) is 0 Å². The lowest BCUT2D eigenvalue weighted by Crippen LogP contribution is -2.36. The molecule has 2 aliphatic rings. The van der Waals surface area contributed by atoms with Crippen molar-refractivity contribution >= 4 is 6.09 Å². The van der Waals surface area contributed by atoms with E-state index in [1.165, 1.54) is 0 Å². The van der Waals surface area contributed by atoms with E-state index in [0.29, 0.717) is 17.8 Å². The molecule has 104 valence electrons. The lowest BCUT2D eigenvalue weighted by Gasteiger charge is -2.25. The van der Waals surface area contributed by atoms with Crippen LogP contribution in [0.25, 0.3) is 0 Å². The Labute approximate surface area is 112 Å². The molecule has 19 heavy (non-hydrogen) atoms. The van der Waals surface area contributed by atoms with E-state index < -0.39 is 5.60 Å². The molecule has 5 heteroatoms. The second-order valence-corrected chi connectivity index (χ2v) is 6.57. The Morgan fingerprint density at radius 3 is 2.53 bits per heavy atom. The van der Waals surface area contributed by atoms with Crippen LogP contribution in [-0.2, 0) is 4.74 Å². The SMILES string of the molecule is Cc1coc(C2[C@H]3CN(C(=O)OC(C)(C)C)C[C@@H]23)n1. The zero-order valence-electron chi connectivity index (χ0n) is 11.8. The Bertz CT molecular complexity index is 491. The largest absolute Gasteiger partial charge is 0.448 e. The maximum absolute atomic E-state index is 11.9. The van der Waals surface area contributed by atoms with Crippen molar-refractivity contribution in [2.24, 2.45) is 11.8 Å². The number of likely N-dealkylation sites (tertiary alicyclic amines) is 1.